The lowest BCUT2D eigenvalue weighted by atomic mass is 10.0. The van der Waals surface area contributed by atoms with Crippen LogP contribution < -0.4 is 0 Å². The summed E-state index contributed by atoms with van der Waals surface area (Å²) in [7, 11) is -3.94. The van der Waals surface area contributed by atoms with Gasteiger partial charge >= 0.3 is 0 Å². The van der Waals surface area contributed by atoms with E-state index < -0.39 is 15.4 Å². The van der Waals surface area contributed by atoms with Crippen molar-refractivity contribution >= 4 is 10.1 Å². The van der Waals surface area contributed by atoms with E-state index in [4.69, 9.17) is 0 Å². The van der Waals surface area contributed by atoms with E-state index in [0.29, 0.717) is 12.8 Å². The molecule has 0 saturated carbocycles. The predicted molar refractivity (Wildman–Crippen MR) is 116 cm³/mol. The zero-order valence-corrected chi connectivity index (χ0v) is 18.8. The first-order valence-corrected chi connectivity index (χ1v) is 13.1. The van der Waals surface area contributed by atoms with E-state index in [1.807, 2.05) is 0 Å². The smallest absolute Gasteiger partial charge is 0.267 e. The van der Waals surface area contributed by atoms with Gasteiger partial charge in [0.05, 0.1) is 11.4 Å². The van der Waals surface area contributed by atoms with Crippen LogP contribution in [-0.2, 0) is 10.1 Å². The van der Waals surface area contributed by atoms with Crippen molar-refractivity contribution in [2.24, 2.45) is 0 Å². The van der Waals surface area contributed by atoms with Crippen LogP contribution in [0.2, 0.25) is 0 Å². The number of aliphatic hydroxyl groups excluding tert-OH is 1. The number of aliphatic hydroxyl groups is 1. The minimum atomic E-state index is -3.94. The average molecular weight is 407 g/mol. The van der Waals surface area contributed by atoms with Crippen LogP contribution in [0.3, 0.4) is 0 Å². The van der Waals surface area contributed by atoms with E-state index in [0.717, 1.165) is 57.8 Å². The Morgan fingerprint density at radius 3 is 1.41 bits per heavy atom. The first-order chi connectivity index (χ1) is 12.9. The van der Waals surface area contributed by atoms with Crippen LogP contribution in [-0.4, -0.2) is 29.4 Å². The Morgan fingerprint density at radius 1 is 0.593 bits per heavy atom. The van der Waals surface area contributed by atoms with Crippen LogP contribution in [0.5, 0.6) is 0 Å². The third-order valence-corrected chi connectivity index (χ3v) is 6.82. The maximum atomic E-state index is 11.6. The molecule has 4 nitrogen and oxygen atoms in total. The van der Waals surface area contributed by atoms with Gasteiger partial charge in [-0.3, -0.25) is 4.55 Å². The molecule has 2 N–H and O–H groups in total. The predicted octanol–water partition coefficient (Wildman–Crippen LogP) is 6.67. The van der Waals surface area contributed by atoms with Crippen LogP contribution in [0.25, 0.3) is 0 Å². The van der Waals surface area contributed by atoms with Gasteiger partial charge in [-0.2, -0.15) is 8.42 Å². The molecule has 0 bridgehead atoms. The van der Waals surface area contributed by atoms with Gasteiger partial charge in [0.2, 0.25) is 0 Å². The van der Waals surface area contributed by atoms with Gasteiger partial charge in [-0.1, -0.05) is 104 Å². The summed E-state index contributed by atoms with van der Waals surface area (Å²) in [5, 5.41) is 9.31. The fourth-order valence-corrected chi connectivity index (χ4v) is 4.58. The highest BCUT2D eigenvalue weighted by Gasteiger charge is 2.21. The minimum Gasteiger partial charge on any atom is -0.393 e. The van der Waals surface area contributed by atoms with Crippen molar-refractivity contribution in [2.45, 2.75) is 141 Å². The van der Waals surface area contributed by atoms with Gasteiger partial charge in [0.15, 0.2) is 0 Å². The molecule has 0 rings (SSSR count). The SMILES string of the molecule is CCCCCCCCCCC(CCCCCC(O)CCCCC)S(=O)(=O)O. The Kier molecular flexibility index (Phi) is 17.8. The molecule has 5 heteroatoms. The molecule has 0 saturated heterocycles. The molecule has 0 aliphatic carbocycles. The molecule has 0 amide bonds. The quantitative estimate of drug-likeness (QED) is 0.175. The molecule has 0 radical (unpaired) electrons. The zero-order chi connectivity index (χ0) is 20.4. The first kappa shape index (κ1) is 26.9. The van der Waals surface area contributed by atoms with Crippen molar-refractivity contribution in [3.63, 3.8) is 0 Å². The van der Waals surface area contributed by atoms with Crippen molar-refractivity contribution in [3.8, 4) is 0 Å². The highest BCUT2D eigenvalue weighted by molar-refractivity contribution is 7.86. The second-order valence-corrected chi connectivity index (χ2v) is 9.88. The molecule has 27 heavy (non-hydrogen) atoms. The van der Waals surface area contributed by atoms with E-state index in [1.54, 1.807) is 0 Å². The van der Waals surface area contributed by atoms with Gasteiger partial charge < -0.3 is 5.11 Å². The fraction of sp³-hybridized carbons (Fsp3) is 1.00. The van der Waals surface area contributed by atoms with Gasteiger partial charge in [0.1, 0.15) is 0 Å². The highest BCUT2D eigenvalue weighted by atomic mass is 32.2. The lowest BCUT2D eigenvalue weighted by Crippen LogP contribution is -2.20. The molecule has 0 aromatic heterocycles. The van der Waals surface area contributed by atoms with Crippen molar-refractivity contribution in [1.82, 2.24) is 0 Å². The summed E-state index contributed by atoms with van der Waals surface area (Å²) in [5.41, 5.74) is 0. The highest BCUT2D eigenvalue weighted by Crippen LogP contribution is 2.19. The molecule has 0 aromatic rings. The number of unbranched alkanes of at least 4 members (excludes halogenated alkanes) is 11. The molecule has 2 atom stereocenters. The third kappa shape index (κ3) is 17.7. The Morgan fingerprint density at radius 2 is 0.926 bits per heavy atom. The lowest BCUT2D eigenvalue weighted by molar-refractivity contribution is 0.147. The summed E-state index contributed by atoms with van der Waals surface area (Å²) >= 11 is 0. The Labute approximate surface area is 169 Å². The average Bonchev–Trinajstić information content (AvgIpc) is 2.61. The summed E-state index contributed by atoms with van der Waals surface area (Å²) in [4.78, 5) is 0. The van der Waals surface area contributed by atoms with Gasteiger partial charge in [-0.15, -0.1) is 0 Å². The van der Waals surface area contributed by atoms with E-state index in [2.05, 4.69) is 13.8 Å². The number of hydrogen-bond acceptors (Lipinski definition) is 3. The van der Waals surface area contributed by atoms with Crippen LogP contribution in [0.1, 0.15) is 129 Å². The van der Waals surface area contributed by atoms with Crippen molar-refractivity contribution < 1.29 is 18.1 Å². The Balaban J connectivity index is 3.80. The summed E-state index contributed by atoms with van der Waals surface area (Å²) in [6.45, 7) is 4.37. The van der Waals surface area contributed by atoms with E-state index in [9.17, 15) is 18.1 Å². The third-order valence-electron chi connectivity index (χ3n) is 5.51. The molecular formula is C22H46O4S. The maximum absolute atomic E-state index is 11.6. The molecule has 0 aliphatic heterocycles. The number of hydrogen-bond donors (Lipinski definition) is 2. The summed E-state index contributed by atoms with van der Waals surface area (Å²) in [5.74, 6) is 0. The van der Waals surface area contributed by atoms with Crippen molar-refractivity contribution in [1.29, 1.82) is 0 Å². The monoisotopic (exact) mass is 406 g/mol. The van der Waals surface area contributed by atoms with Gasteiger partial charge in [0, 0.05) is 0 Å². The molecule has 0 fully saturated rings. The summed E-state index contributed by atoms with van der Waals surface area (Å²) in [6, 6.07) is 0. The maximum Gasteiger partial charge on any atom is 0.267 e. The molecule has 0 aromatic carbocycles. The second-order valence-electron chi connectivity index (χ2n) is 8.19. The van der Waals surface area contributed by atoms with Crippen LogP contribution >= 0.6 is 0 Å². The molecule has 164 valence electrons. The minimum absolute atomic E-state index is 0.216. The Hall–Kier alpha value is -0.130. The molecule has 0 aliphatic rings. The first-order valence-electron chi connectivity index (χ1n) is 11.6. The van der Waals surface area contributed by atoms with Gasteiger partial charge in [0.25, 0.3) is 10.1 Å². The topological polar surface area (TPSA) is 74.6 Å². The molecule has 0 spiro atoms. The molecule has 2 unspecified atom stereocenters. The molecule has 0 heterocycles. The Bertz CT molecular complexity index is 409. The van der Waals surface area contributed by atoms with Crippen molar-refractivity contribution in [2.75, 3.05) is 0 Å². The van der Waals surface area contributed by atoms with Gasteiger partial charge in [-0.25, -0.2) is 0 Å². The normalized spacial score (nSPS) is 14.4. The fourth-order valence-electron chi connectivity index (χ4n) is 3.65. The van der Waals surface area contributed by atoms with Crippen LogP contribution in [0.4, 0.5) is 0 Å². The van der Waals surface area contributed by atoms with Crippen LogP contribution in [0.15, 0.2) is 0 Å². The largest absolute Gasteiger partial charge is 0.393 e. The van der Waals surface area contributed by atoms with Crippen molar-refractivity contribution in [3.05, 3.63) is 0 Å². The van der Waals surface area contributed by atoms with Crippen LogP contribution in [0, 0.1) is 0 Å². The van der Waals surface area contributed by atoms with E-state index in [1.165, 1.54) is 44.9 Å². The summed E-state index contributed by atoms with van der Waals surface area (Å²) < 4.78 is 32.7. The number of rotatable bonds is 20. The van der Waals surface area contributed by atoms with E-state index >= 15 is 0 Å². The zero-order valence-electron chi connectivity index (χ0n) is 18.0. The van der Waals surface area contributed by atoms with Gasteiger partial charge in [-0.05, 0) is 25.7 Å². The standard InChI is InChI=1S/C22H46O4S/c1-3-5-7-8-9-10-11-15-19-22(27(24,25)26)20-16-12-14-18-21(23)17-13-6-4-2/h21-23H,3-20H2,1-2H3,(H,24,25,26). The van der Waals surface area contributed by atoms with E-state index in [-0.39, 0.29) is 6.10 Å². The molecular weight excluding hydrogens is 360 g/mol. The summed E-state index contributed by atoms with van der Waals surface area (Å²) in [6.07, 6.45) is 18.2. The lowest BCUT2D eigenvalue weighted by Gasteiger charge is -2.14. The second kappa shape index (κ2) is 17.9.